The number of hydrogen-bond donors (Lipinski definition) is 0. The van der Waals surface area contributed by atoms with Crippen molar-refractivity contribution in [3.05, 3.63) is 64.8 Å². The monoisotopic (exact) mass is 379 g/mol. The van der Waals surface area contributed by atoms with Crippen LogP contribution >= 0.6 is 11.8 Å². The number of thioether (sulfide) groups is 1. The molecule has 2 aliphatic rings. The summed E-state index contributed by atoms with van der Waals surface area (Å²) in [5, 5.41) is 0.850. The number of carbonyl (C=O) groups is 1. The first-order valence-corrected chi connectivity index (χ1v) is 9.99. The van der Waals surface area contributed by atoms with Gasteiger partial charge in [-0.05, 0) is 72.5 Å². The summed E-state index contributed by atoms with van der Waals surface area (Å²) in [6.07, 6.45) is 9.03. The highest BCUT2D eigenvalue weighted by Gasteiger charge is 2.26. The van der Waals surface area contributed by atoms with Crippen molar-refractivity contribution in [2.75, 3.05) is 13.1 Å². The molecule has 0 N–H and O–H groups in total. The van der Waals surface area contributed by atoms with Crippen molar-refractivity contribution in [1.82, 2.24) is 9.88 Å². The van der Waals surface area contributed by atoms with E-state index in [1.54, 1.807) is 12.4 Å². The Morgan fingerprint density at radius 2 is 1.78 bits per heavy atom. The van der Waals surface area contributed by atoms with Crippen LogP contribution in [0.3, 0.4) is 0 Å². The van der Waals surface area contributed by atoms with Crippen LogP contribution in [0.5, 0.6) is 5.75 Å². The normalized spacial score (nSPS) is 18.7. The third-order valence-corrected chi connectivity index (χ3v) is 5.61. The Labute approximate surface area is 163 Å². The summed E-state index contributed by atoms with van der Waals surface area (Å²) in [7, 11) is 0. The number of rotatable bonds is 4. The predicted octanol–water partition coefficient (Wildman–Crippen LogP) is 4.12. The van der Waals surface area contributed by atoms with E-state index in [1.807, 2.05) is 42.5 Å². The van der Waals surface area contributed by atoms with E-state index in [-0.39, 0.29) is 5.91 Å². The van der Waals surface area contributed by atoms with Gasteiger partial charge in [-0.1, -0.05) is 12.1 Å². The van der Waals surface area contributed by atoms with Gasteiger partial charge in [0, 0.05) is 25.5 Å². The number of ether oxygens (including phenoxy) is 1. The Morgan fingerprint density at radius 3 is 2.52 bits per heavy atom. The second kappa shape index (κ2) is 8.39. The van der Waals surface area contributed by atoms with E-state index in [1.165, 1.54) is 31.0 Å². The van der Waals surface area contributed by atoms with Crippen molar-refractivity contribution in [3.8, 4) is 5.75 Å². The number of aliphatic imine (C=N–C) groups is 1. The lowest BCUT2D eigenvalue weighted by Crippen LogP contribution is -2.33. The van der Waals surface area contributed by atoms with Gasteiger partial charge < -0.3 is 9.64 Å². The maximum atomic E-state index is 12.2. The Bertz CT molecular complexity index is 857. The van der Waals surface area contributed by atoms with Crippen molar-refractivity contribution < 1.29 is 9.53 Å². The van der Waals surface area contributed by atoms with E-state index in [0.29, 0.717) is 11.5 Å². The molecule has 1 aromatic carbocycles. The van der Waals surface area contributed by atoms with Crippen molar-refractivity contribution >= 4 is 28.9 Å². The van der Waals surface area contributed by atoms with Gasteiger partial charge in [0.25, 0.3) is 5.91 Å². The second-order valence-electron chi connectivity index (χ2n) is 6.57. The molecule has 4 rings (SSSR count). The van der Waals surface area contributed by atoms with E-state index in [4.69, 9.17) is 4.74 Å². The fourth-order valence-electron chi connectivity index (χ4n) is 3.08. The molecule has 0 spiro atoms. The predicted molar refractivity (Wildman–Crippen MR) is 108 cm³/mol. The molecule has 0 aliphatic carbocycles. The molecule has 1 saturated heterocycles. The number of aromatic nitrogens is 1. The molecule has 2 aromatic rings. The van der Waals surface area contributed by atoms with E-state index < -0.39 is 0 Å². The van der Waals surface area contributed by atoms with E-state index in [9.17, 15) is 4.79 Å². The van der Waals surface area contributed by atoms with Crippen LogP contribution in [0.15, 0.2) is 58.7 Å². The lowest BCUT2D eigenvalue weighted by molar-refractivity contribution is -0.113. The zero-order valence-electron chi connectivity index (χ0n) is 15.0. The average molecular weight is 379 g/mol. The van der Waals surface area contributed by atoms with E-state index >= 15 is 0 Å². The Kier molecular flexibility index (Phi) is 5.53. The molecule has 5 nitrogen and oxygen atoms in total. The van der Waals surface area contributed by atoms with Gasteiger partial charge in [-0.3, -0.25) is 9.78 Å². The SMILES string of the molecule is O=C1N=C(N2CCCCC2)S/C1=C\c1ccc(OCc2ccncc2)cc1. The van der Waals surface area contributed by atoms with Gasteiger partial charge in [-0.15, -0.1) is 0 Å². The molecule has 6 heteroatoms. The number of carbonyl (C=O) groups excluding carboxylic acids is 1. The average Bonchev–Trinajstić information content (AvgIpc) is 3.09. The Morgan fingerprint density at radius 1 is 1.04 bits per heavy atom. The van der Waals surface area contributed by atoms with Gasteiger partial charge >= 0.3 is 0 Å². The Hall–Kier alpha value is -2.60. The van der Waals surface area contributed by atoms with Crippen molar-refractivity contribution in [2.24, 2.45) is 4.99 Å². The summed E-state index contributed by atoms with van der Waals surface area (Å²) in [6, 6.07) is 11.6. The van der Waals surface area contributed by atoms with Crippen molar-refractivity contribution in [1.29, 1.82) is 0 Å². The Balaban J connectivity index is 1.37. The summed E-state index contributed by atoms with van der Waals surface area (Å²) >= 11 is 1.48. The molecule has 0 bridgehead atoms. The molecular formula is C21H21N3O2S. The second-order valence-corrected chi connectivity index (χ2v) is 7.58. The number of benzene rings is 1. The third kappa shape index (κ3) is 4.57. The molecule has 1 aromatic heterocycles. The van der Waals surface area contributed by atoms with Crippen LogP contribution in [0.25, 0.3) is 6.08 Å². The first kappa shape index (κ1) is 17.8. The lowest BCUT2D eigenvalue weighted by atomic mass is 10.1. The maximum Gasteiger partial charge on any atom is 0.286 e. The molecule has 2 aliphatic heterocycles. The highest BCUT2D eigenvalue weighted by Crippen LogP contribution is 2.31. The molecular weight excluding hydrogens is 358 g/mol. The third-order valence-electron chi connectivity index (χ3n) is 4.57. The van der Waals surface area contributed by atoms with Crippen LogP contribution in [0.1, 0.15) is 30.4 Å². The fourth-order valence-corrected chi connectivity index (χ4v) is 4.04. The summed E-state index contributed by atoms with van der Waals surface area (Å²) in [5.41, 5.74) is 2.05. The molecule has 1 amide bonds. The minimum absolute atomic E-state index is 0.140. The van der Waals surface area contributed by atoms with Gasteiger partial charge in [0.05, 0.1) is 4.91 Å². The molecule has 3 heterocycles. The number of amides is 1. The molecule has 0 saturated carbocycles. The number of piperidine rings is 1. The summed E-state index contributed by atoms with van der Waals surface area (Å²) in [6.45, 7) is 2.50. The van der Waals surface area contributed by atoms with Gasteiger partial charge in [0.15, 0.2) is 5.17 Å². The zero-order chi connectivity index (χ0) is 18.5. The standard InChI is InChI=1S/C21H21N3O2S/c25-20-19(27-21(23-20)24-12-2-1-3-13-24)14-16-4-6-18(7-5-16)26-15-17-8-10-22-11-9-17/h4-11,14H,1-3,12-13,15H2/b19-14-. The zero-order valence-corrected chi connectivity index (χ0v) is 15.8. The smallest absolute Gasteiger partial charge is 0.286 e. The number of pyridine rings is 1. The molecule has 1 fully saturated rings. The quantitative estimate of drug-likeness (QED) is 0.748. The van der Waals surface area contributed by atoms with Crippen molar-refractivity contribution in [2.45, 2.75) is 25.9 Å². The molecule has 0 atom stereocenters. The number of nitrogens with zero attached hydrogens (tertiary/aromatic N) is 3. The number of amidine groups is 1. The van der Waals surface area contributed by atoms with Gasteiger partial charge in [-0.25, -0.2) is 0 Å². The highest BCUT2D eigenvalue weighted by atomic mass is 32.2. The molecule has 27 heavy (non-hydrogen) atoms. The first-order chi connectivity index (χ1) is 13.3. The molecule has 0 radical (unpaired) electrons. The van der Waals surface area contributed by atoms with Crippen LogP contribution in [0, 0.1) is 0 Å². The minimum atomic E-state index is -0.140. The number of likely N-dealkylation sites (tertiary alicyclic amines) is 1. The lowest BCUT2D eigenvalue weighted by Gasteiger charge is -2.27. The maximum absolute atomic E-state index is 12.2. The van der Waals surface area contributed by atoms with Crippen LogP contribution in [-0.4, -0.2) is 34.0 Å². The van der Waals surface area contributed by atoms with Gasteiger partial charge in [0.1, 0.15) is 12.4 Å². The summed E-state index contributed by atoms with van der Waals surface area (Å²) in [4.78, 5) is 23.4. The topological polar surface area (TPSA) is 54.8 Å². The van der Waals surface area contributed by atoms with Crippen LogP contribution < -0.4 is 4.74 Å². The van der Waals surface area contributed by atoms with Crippen LogP contribution in [-0.2, 0) is 11.4 Å². The summed E-state index contributed by atoms with van der Waals surface area (Å²) < 4.78 is 5.78. The first-order valence-electron chi connectivity index (χ1n) is 9.17. The van der Waals surface area contributed by atoms with Crippen molar-refractivity contribution in [3.63, 3.8) is 0 Å². The van der Waals surface area contributed by atoms with E-state index in [2.05, 4.69) is 14.9 Å². The van der Waals surface area contributed by atoms with Crippen LogP contribution in [0.2, 0.25) is 0 Å². The number of hydrogen-bond acceptors (Lipinski definition) is 5. The minimum Gasteiger partial charge on any atom is -0.489 e. The fraction of sp³-hybridized carbons (Fsp3) is 0.286. The highest BCUT2D eigenvalue weighted by molar-refractivity contribution is 8.18. The molecule has 0 unspecified atom stereocenters. The summed E-state index contributed by atoms with van der Waals surface area (Å²) in [5.74, 6) is 0.656. The van der Waals surface area contributed by atoms with E-state index in [0.717, 1.165) is 35.1 Å². The van der Waals surface area contributed by atoms with Gasteiger partial charge in [-0.2, -0.15) is 4.99 Å². The van der Waals surface area contributed by atoms with Crippen LogP contribution in [0.4, 0.5) is 0 Å². The molecule has 138 valence electrons. The van der Waals surface area contributed by atoms with Gasteiger partial charge in [0.2, 0.25) is 0 Å². The largest absolute Gasteiger partial charge is 0.489 e.